The Hall–Kier alpha value is -1.23. The smallest absolute Gasteiger partial charge is 0.398 e. The minimum absolute atomic E-state index is 0.0463. The second-order valence-corrected chi connectivity index (χ2v) is 2.58. The van der Waals surface area contributed by atoms with Crippen LogP contribution in [0.2, 0.25) is 0 Å². The molecule has 0 radical (unpaired) electrons. The van der Waals surface area contributed by atoms with E-state index in [-0.39, 0.29) is 17.8 Å². The zero-order chi connectivity index (χ0) is 10.1. The molecule has 0 saturated heterocycles. The number of hydrogen-bond donors (Lipinski definition) is 2. The first-order chi connectivity index (χ1) is 5.96. The van der Waals surface area contributed by atoms with Crippen LogP contribution in [0.15, 0.2) is 18.2 Å². The summed E-state index contributed by atoms with van der Waals surface area (Å²) in [5, 5.41) is 0. The van der Waals surface area contributed by atoms with E-state index in [9.17, 15) is 13.2 Å². The molecule has 0 aromatic heterocycles. The zero-order valence-corrected chi connectivity index (χ0v) is 6.73. The van der Waals surface area contributed by atoms with Crippen LogP contribution in [-0.2, 0) is 12.7 Å². The van der Waals surface area contributed by atoms with Crippen LogP contribution >= 0.6 is 0 Å². The summed E-state index contributed by atoms with van der Waals surface area (Å²) in [4.78, 5) is 0. The molecule has 0 fully saturated rings. The fourth-order valence-electron chi connectivity index (χ4n) is 1.10. The SMILES string of the molecule is NCc1c(N)cccc1C(F)(F)F. The largest absolute Gasteiger partial charge is 0.416 e. The van der Waals surface area contributed by atoms with E-state index < -0.39 is 11.7 Å². The van der Waals surface area contributed by atoms with Crippen LogP contribution in [0.1, 0.15) is 11.1 Å². The van der Waals surface area contributed by atoms with Gasteiger partial charge in [0.1, 0.15) is 0 Å². The van der Waals surface area contributed by atoms with Crippen molar-refractivity contribution in [3.05, 3.63) is 29.3 Å². The van der Waals surface area contributed by atoms with Crippen molar-refractivity contribution in [2.24, 2.45) is 5.73 Å². The van der Waals surface area contributed by atoms with Gasteiger partial charge in [0, 0.05) is 17.8 Å². The normalized spacial score (nSPS) is 11.7. The highest BCUT2D eigenvalue weighted by Gasteiger charge is 2.33. The minimum Gasteiger partial charge on any atom is -0.398 e. The van der Waals surface area contributed by atoms with E-state index in [1.54, 1.807) is 0 Å². The molecule has 0 spiro atoms. The maximum atomic E-state index is 12.3. The number of hydrogen-bond acceptors (Lipinski definition) is 2. The van der Waals surface area contributed by atoms with E-state index in [2.05, 4.69) is 0 Å². The van der Waals surface area contributed by atoms with Crippen LogP contribution < -0.4 is 11.5 Å². The molecule has 0 atom stereocenters. The van der Waals surface area contributed by atoms with Gasteiger partial charge in [-0.1, -0.05) is 6.07 Å². The average molecular weight is 190 g/mol. The first-order valence-electron chi connectivity index (χ1n) is 3.61. The van der Waals surface area contributed by atoms with E-state index in [1.165, 1.54) is 12.1 Å². The Morgan fingerprint density at radius 2 is 1.85 bits per heavy atom. The molecule has 1 aromatic rings. The van der Waals surface area contributed by atoms with Crippen LogP contribution in [0.4, 0.5) is 18.9 Å². The predicted molar refractivity (Wildman–Crippen MR) is 43.7 cm³/mol. The molecule has 0 saturated carbocycles. The van der Waals surface area contributed by atoms with E-state index in [4.69, 9.17) is 11.5 Å². The second kappa shape index (κ2) is 3.26. The van der Waals surface area contributed by atoms with Gasteiger partial charge in [-0.2, -0.15) is 13.2 Å². The molecule has 2 nitrogen and oxygen atoms in total. The summed E-state index contributed by atoms with van der Waals surface area (Å²) < 4.78 is 36.9. The van der Waals surface area contributed by atoms with Gasteiger partial charge in [0.05, 0.1) is 5.56 Å². The molecule has 0 aliphatic rings. The number of alkyl halides is 3. The van der Waals surface area contributed by atoms with Crippen LogP contribution in [-0.4, -0.2) is 0 Å². The Morgan fingerprint density at radius 1 is 1.23 bits per heavy atom. The molecule has 72 valence electrons. The topological polar surface area (TPSA) is 52.0 Å². The second-order valence-electron chi connectivity index (χ2n) is 2.58. The molecule has 0 bridgehead atoms. The van der Waals surface area contributed by atoms with E-state index in [0.717, 1.165) is 6.07 Å². The lowest BCUT2D eigenvalue weighted by Gasteiger charge is -2.12. The molecule has 0 unspecified atom stereocenters. The lowest BCUT2D eigenvalue weighted by atomic mass is 10.1. The number of rotatable bonds is 1. The van der Waals surface area contributed by atoms with Crippen LogP contribution in [0.25, 0.3) is 0 Å². The Balaban J connectivity index is 3.29. The van der Waals surface area contributed by atoms with Gasteiger partial charge in [-0.15, -0.1) is 0 Å². The molecule has 0 aliphatic carbocycles. The summed E-state index contributed by atoms with van der Waals surface area (Å²) in [5.74, 6) is 0. The quantitative estimate of drug-likeness (QED) is 0.663. The molecule has 4 N–H and O–H groups in total. The van der Waals surface area contributed by atoms with E-state index >= 15 is 0 Å². The van der Waals surface area contributed by atoms with Crippen molar-refractivity contribution in [2.75, 3.05) is 5.73 Å². The van der Waals surface area contributed by atoms with Crippen molar-refractivity contribution in [3.8, 4) is 0 Å². The molecular weight excluding hydrogens is 181 g/mol. The third kappa shape index (κ3) is 1.92. The fraction of sp³-hybridized carbons (Fsp3) is 0.250. The summed E-state index contributed by atoms with van der Waals surface area (Å²) in [5.41, 5.74) is 9.80. The Bertz CT molecular complexity index is 307. The molecule has 13 heavy (non-hydrogen) atoms. The van der Waals surface area contributed by atoms with Crippen LogP contribution in [0, 0.1) is 0 Å². The lowest BCUT2D eigenvalue weighted by molar-refractivity contribution is -0.138. The predicted octanol–water partition coefficient (Wildman–Crippen LogP) is 1.75. The summed E-state index contributed by atoms with van der Waals surface area (Å²) >= 11 is 0. The molecule has 0 amide bonds. The number of benzene rings is 1. The van der Waals surface area contributed by atoms with Gasteiger partial charge in [0.15, 0.2) is 0 Å². The fourth-order valence-corrected chi connectivity index (χ4v) is 1.10. The monoisotopic (exact) mass is 190 g/mol. The number of halogens is 3. The molecule has 0 aliphatic heterocycles. The highest BCUT2D eigenvalue weighted by molar-refractivity contribution is 5.51. The summed E-state index contributed by atoms with van der Waals surface area (Å²) in [6.45, 7) is -0.207. The van der Waals surface area contributed by atoms with Crippen molar-refractivity contribution in [1.29, 1.82) is 0 Å². The standard InChI is InChI=1S/C8H9F3N2/c9-8(10,11)6-2-1-3-7(13)5(6)4-12/h1-3H,4,12-13H2. The van der Waals surface area contributed by atoms with Gasteiger partial charge in [-0.05, 0) is 12.1 Å². The number of nitrogen functional groups attached to an aromatic ring is 1. The van der Waals surface area contributed by atoms with Crippen molar-refractivity contribution >= 4 is 5.69 Å². The van der Waals surface area contributed by atoms with Crippen molar-refractivity contribution in [3.63, 3.8) is 0 Å². The van der Waals surface area contributed by atoms with Gasteiger partial charge < -0.3 is 11.5 Å². The Morgan fingerprint density at radius 3 is 2.23 bits per heavy atom. The van der Waals surface area contributed by atoms with Crippen molar-refractivity contribution in [1.82, 2.24) is 0 Å². The molecule has 1 rings (SSSR count). The highest BCUT2D eigenvalue weighted by atomic mass is 19.4. The first kappa shape index (κ1) is 9.85. The first-order valence-corrected chi connectivity index (χ1v) is 3.61. The van der Waals surface area contributed by atoms with Gasteiger partial charge >= 0.3 is 6.18 Å². The maximum absolute atomic E-state index is 12.3. The Kier molecular flexibility index (Phi) is 2.47. The maximum Gasteiger partial charge on any atom is 0.416 e. The zero-order valence-electron chi connectivity index (χ0n) is 6.73. The Labute approximate surface area is 73.3 Å². The minimum atomic E-state index is -4.38. The number of anilines is 1. The van der Waals surface area contributed by atoms with E-state index in [1.807, 2.05) is 0 Å². The van der Waals surface area contributed by atoms with Gasteiger partial charge in [0.25, 0.3) is 0 Å². The molecule has 1 aromatic carbocycles. The third-order valence-corrected chi connectivity index (χ3v) is 1.72. The lowest BCUT2D eigenvalue weighted by Crippen LogP contribution is -2.13. The van der Waals surface area contributed by atoms with Crippen molar-refractivity contribution in [2.45, 2.75) is 12.7 Å². The van der Waals surface area contributed by atoms with Gasteiger partial charge in [0.2, 0.25) is 0 Å². The average Bonchev–Trinajstić information content (AvgIpc) is 2.02. The van der Waals surface area contributed by atoms with Crippen LogP contribution in [0.3, 0.4) is 0 Å². The highest BCUT2D eigenvalue weighted by Crippen LogP contribution is 2.33. The van der Waals surface area contributed by atoms with Crippen LogP contribution in [0.5, 0.6) is 0 Å². The van der Waals surface area contributed by atoms with Gasteiger partial charge in [-0.3, -0.25) is 0 Å². The van der Waals surface area contributed by atoms with Crippen molar-refractivity contribution < 1.29 is 13.2 Å². The van der Waals surface area contributed by atoms with Gasteiger partial charge in [-0.25, -0.2) is 0 Å². The number of nitrogens with two attached hydrogens (primary N) is 2. The van der Waals surface area contributed by atoms with E-state index in [0.29, 0.717) is 0 Å². The molecule has 0 heterocycles. The molecule has 5 heteroatoms. The summed E-state index contributed by atoms with van der Waals surface area (Å²) in [6.07, 6.45) is -4.38. The summed E-state index contributed by atoms with van der Waals surface area (Å²) in [7, 11) is 0. The molecular formula is C8H9F3N2. The third-order valence-electron chi connectivity index (χ3n) is 1.72. The summed E-state index contributed by atoms with van der Waals surface area (Å²) in [6, 6.07) is 3.63.